The van der Waals surface area contributed by atoms with Crippen molar-refractivity contribution >= 4 is 32.1 Å². The Bertz CT molecular complexity index is 963. The number of halogens is 3. The van der Waals surface area contributed by atoms with Gasteiger partial charge in [0.2, 0.25) is 17.5 Å². The monoisotopic (exact) mass is 528 g/mol. The van der Waals surface area contributed by atoms with Crippen LogP contribution in [0.1, 0.15) is 5.82 Å². The summed E-state index contributed by atoms with van der Waals surface area (Å²) in [5.74, 6) is 1.87. The molecule has 0 bridgehead atoms. The first-order valence-electron chi connectivity index (χ1n) is 9.02. The summed E-state index contributed by atoms with van der Waals surface area (Å²) in [5, 5.41) is 0. The van der Waals surface area contributed by atoms with Gasteiger partial charge in [0, 0.05) is 0 Å². The SMILES string of the molecule is C#C[Si](C)(C)C.COc1nc(Br)ncc1F.COc1nc(C#C[Si](C)(C)C)ncc1F. The minimum Gasteiger partial charge on any atom is -0.479 e. The maximum absolute atomic E-state index is 13.0. The predicted molar refractivity (Wildman–Crippen MR) is 127 cm³/mol. The lowest BCUT2D eigenvalue weighted by Crippen LogP contribution is -2.16. The van der Waals surface area contributed by atoms with Crippen LogP contribution in [0, 0.1) is 35.1 Å². The Hall–Kier alpha value is -2.35. The molecule has 0 spiro atoms. The average Bonchev–Trinajstić information content (AvgIpc) is 2.69. The van der Waals surface area contributed by atoms with Crippen LogP contribution in [0.15, 0.2) is 17.1 Å². The summed E-state index contributed by atoms with van der Waals surface area (Å²) in [6.45, 7) is 12.8. The molecule has 0 radical (unpaired) electrons. The molecule has 0 amide bonds. The molecule has 2 aromatic heterocycles. The van der Waals surface area contributed by atoms with Crippen LogP contribution in [0.3, 0.4) is 0 Å². The van der Waals surface area contributed by atoms with E-state index in [1.54, 1.807) is 0 Å². The van der Waals surface area contributed by atoms with Gasteiger partial charge in [-0.15, -0.1) is 17.5 Å². The molecule has 0 saturated heterocycles. The van der Waals surface area contributed by atoms with Gasteiger partial charge in [-0.1, -0.05) is 39.3 Å². The minimum atomic E-state index is -1.46. The molecule has 168 valence electrons. The lowest BCUT2D eigenvalue weighted by molar-refractivity contribution is 0.365. The molecule has 11 heteroatoms. The van der Waals surface area contributed by atoms with E-state index in [1.807, 2.05) is 0 Å². The van der Waals surface area contributed by atoms with Crippen molar-refractivity contribution in [1.29, 1.82) is 0 Å². The van der Waals surface area contributed by atoms with Gasteiger partial charge in [-0.2, -0.15) is 18.7 Å². The smallest absolute Gasteiger partial charge is 0.254 e. The Balaban J connectivity index is 0.000000484. The van der Waals surface area contributed by atoms with E-state index in [0.29, 0.717) is 10.6 Å². The Morgan fingerprint density at radius 3 is 1.71 bits per heavy atom. The van der Waals surface area contributed by atoms with Crippen LogP contribution < -0.4 is 9.47 Å². The number of hydrogen-bond donors (Lipinski definition) is 0. The van der Waals surface area contributed by atoms with Crippen molar-refractivity contribution in [3.05, 3.63) is 34.6 Å². The van der Waals surface area contributed by atoms with Gasteiger partial charge in [0.25, 0.3) is 11.8 Å². The van der Waals surface area contributed by atoms with Crippen molar-refractivity contribution in [2.75, 3.05) is 14.2 Å². The fourth-order valence-electron chi connectivity index (χ4n) is 1.27. The van der Waals surface area contributed by atoms with Crippen LogP contribution in [-0.4, -0.2) is 50.3 Å². The van der Waals surface area contributed by atoms with Crippen LogP contribution in [0.4, 0.5) is 8.78 Å². The first-order chi connectivity index (χ1) is 14.2. The van der Waals surface area contributed by atoms with E-state index in [1.165, 1.54) is 14.2 Å². The highest BCUT2D eigenvalue weighted by atomic mass is 79.9. The van der Waals surface area contributed by atoms with E-state index < -0.39 is 27.8 Å². The Labute approximate surface area is 193 Å². The molecule has 0 aromatic carbocycles. The van der Waals surface area contributed by atoms with Gasteiger partial charge in [0.1, 0.15) is 16.1 Å². The van der Waals surface area contributed by atoms with Gasteiger partial charge in [-0.05, 0) is 21.9 Å². The maximum Gasteiger partial charge on any atom is 0.254 e. The molecule has 2 rings (SSSR count). The number of ether oxygens (including phenoxy) is 2. The third kappa shape index (κ3) is 13.5. The van der Waals surface area contributed by atoms with Gasteiger partial charge in [0.05, 0.1) is 26.6 Å². The number of rotatable bonds is 2. The quantitative estimate of drug-likeness (QED) is 0.318. The lowest BCUT2D eigenvalue weighted by Gasteiger charge is -2.03. The van der Waals surface area contributed by atoms with Crippen molar-refractivity contribution in [1.82, 2.24) is 19.9 Å². The molecule has 2 heterocycles. The van der Waals surface area contributed by atoms with Gasteiger partial charge >= 0.3 is 0 Å². The van der Waals surface area contributed by atoms with E-state index >= 15 is 0 Å². The highest BCUT2D eigenvalue weighted by Gasteiger charge is 2.09. The van der Waals surface area contributed by atoms with E-state index in [9.17, 15) is 8.78 Å². The van der Waals surface area contributed by atoms with Crippen molar-refractivity contribution in [3.63, 3.8) is 0 Å². The molecule has 0 fully saturated rings. The van der Waals surface area contributed by atoms with Crippen LogP contribution in [0.5, 0.6) is 11.8 Å². The van der Waals surface area contributed by atoms with Gasteiger partial charge in [-0.25, -0.2) is 9.97 Å². The first-order valence-corrected chi connectivity index (χ1v) is 16.8. The zero-order valence-electron chi connectivity index (χ0n) is 19.0. The van der Waals surface area contributed by atoms with Gasteiger partial charge in [0.15, 0.2) is 4.73 Å². The third-order valence-electron chi connectivity index (χ3n) is 2.76. The first kappa shape index (κ1) is 28.7. The molecule has 2 aromatic rings. The summed E-state index contributed by atoms with van der Waals surface area (Å²) in [7, 11) is 0.147. The summed E-state index contributed by atoms with van der Waals surface area (Å²) in [5.41, 5.74) is 5.84. The van der Waals surface area contributed by atoms with Gasteiger partial charge < -0.3 is 9.47 Å². The summed E-state index contributed by atoms with van der Waals surface area (Å²) in [4.78, 5) is 14.7. The second kappa shape index (κ2) is 13.1. The Morgan fingerprint density at radius 2 is 1.32 bits per heavy atom. The summed E-state index contributed by atoms with van der Waals surface area (Å²) in [6, 6.07) is 0. The summed E-state index contributed by atoms with van der Waals surface area (Å²) in [6.07, 6.45) is 7.22. The zero-order chi connectivity index (χ0) is 24.2. The molecule has 0 N–H and O–H groups in total. The van der Waals surface area contributed by atoms with E-state index in [4.69, 9.17) is 11.2 Å². The standard InChI is InChI=1S/C10H13FN2OSi.C5H4BrFN2O.C5H10Si/c1-14-10-8(11)7-12-9(13-10)5-6-15(2,3)4;1-10-4-3(7)2-8-5(6)9-4;1-5-6(2,3)4/h7H,1-4H3;2H,1H3;1H,2-4H3. The summed E-state index contributed by atoms with van der Waals surface area (Å²) < 4.78 is 35.1. The predicted octanol–water partition coefficient (Wildman–Crippen LogP) is 4.74. The fraction of sp³-hybridized carbons (Fsp3) is 0.400. The second-order valence-electron chi connectivity index (χ2n) is 7.94. The molecule has 0 aliphatic heterocycles. The zero-order valence-corrected chi connectivity index (χ0v) is 22.6. The molecule has 0 atom stereocenters. The second-order valence-corrected chi connectivity index (χ2v) is 18.2. The fourth-order valence-corrected chi connectivity index (χ4v) is 2.02. The van der Waals surface area contributed by atoms with Crippen LogP contribution in [-0.2, 0) is 0 Å². The average molecular weight is 530 g/mol. The normalized spacial score (nSPS) is 10.1. The molecule has 0 aliphatic carbocycles. The van der Waals surface area contributed by atoms with Gasteiger partial charge in [-0.3, -0.25) is 0 Å². The topological polar surface area (TPSA) is 70.0 Å². The third-order valence-corrected chi connectivity index (χ3v) is 4.89. The van der Waals surface area contributed by atoms with Crippen molar-refractivity contribution in [3.8, 4) is 35.2 Å². The number of methoxy groups -OCH3 is 2. The molecule has 0 saturated carbocycles. The van der Waals surface area contributed by atoms with E-state index in [-0.39, 0.29) is 11.8 Å². The van der Waals surface area contributed by atoms with Crippen LogP contribution in [0.2, 0.25) is 39.3 Å². The number of nitrogens with zero attached hydrogens (tertiary/aromatic N) is 4. The molecule has 31 heavy (non-hydrogen) atoms. The molecule has 0 unspecified atom stereocenters. The molecule has 6 nitrogen and oxygen atoms in total. The Kier molecular flexibility index (Phi) is 12.2. The van der Waals surface area contributed by atoms with E-state index in [0.717, 1.165) is 12.4 Å². The van der Waals surface area contributed by atoms with Crippen LogP contribution in [0.25, 0.3) is 0 Å². The number of terminal acetylenes is 1. The van der Waals surface area contributed by atoms with Crippen molar-refractivity contribution < 1.29 is 18.3 Å². The molecule has 0 aliphatic rings. The highest BCUT2D eigenvalue weighted by Crippen LogP contribution is 2.13. The Morgan fingerprint density at radius 1 is 0.871 bits per heavy atom. The lowest BCUT2D eigenvalue weighted by atomic mass is 10.5. The maximum atomic E-state index is 13.0. The van der Waals surface area contributed by atoms with Crippen LogP contribution >= 0.6 is 15.9 Å². The minimum absolute atomic E-state index is 0.0538. The molecular formula is C20H27BrF2N4O2Si2. The number of aromatic nitrogens is 4. The van der Waals surface area contributed by atoms with E-state index in [2.05, 4.69) is 96.9 Å². The van der Waals surface area contributed by atoms with Crippen molar-refractivity contribution in [2.24, 2.45) is 0 Å². The highest BCUT2D eigenvalue weighted by molar-refractivity contribution is 9.10. The summed E-state index contributed by atoms with van der Waals surface area (Å²) >= 11 is 2.97. The number of hydrogen-bond acceptors (Lipinski definition) is 6. The largest absolute Gasteiger partial charge is 0.479 e. The van der Waals surface area contributed by atoms with Crippen molar-refractivity contribution in [2.45, 2.75) is 39.3 Å². The molecular weight excluding hydrogens is 502 g/mol.